The lowest BCUT2D eigenvalue weighted by Gasteiger charge is -2.35. The highest BCUT2D eigenvalue weighted by Gasteiger charge is 2.44. The smallest absolute Gasteiger partial charge is 0.237 e. The van der Waals surface area contributed by atoms with Gasteiger partial charge in [-0.1, -0.05) is 29.8 Å². The number of amides is 2. The maximum atomic E-state index is 12.7. The second-order valence-electron chi connectivity index (χ2n) is 7.87. The van der Waals surface area contributed by atoms with E-state index in [4.69, 9.17) is 0 Å². The molecule has 0 bridgehead atoms. The third-order valence-corrected chi connectivity index (χ3v) is 5.61. The summed E-state index contributed by atoms with van der Waals surface area (Å²) in [6, 6.07) is 7.84. The topological polar surface area (TPSA) is 72.9 Å². The van der Waals surface area contributed by atoms with E-state index < -0.39 is 6.04 Å². The van der Waals surface area contributed by atoms with Gasteiger partial charge in [0.2, 0.25) is 11.8 Å². The molecular weight excluding hydrogens is 330 g/mol. The number of aliphatic hydroxyl groups excluding tert-OH is 1. The molecule has 26 heavy (non-hydrogen) atoms. The van der Waals surface area contributed by atoms with Crippen molar-refractivity contribution >= 4 is 11.8 Å². The summed E-state index contributed by atoms with van der Waals surface area (Å²) in [6.45, 7) is 4.74. The van der Waals surface area contributed by atoms with Crippen molar-refractivity contribution in [1.82, 2.24) is 15.1 Å². The number of nitrogens with one attached hydrogen (secondary N) is 1. The fourth-order valence-electron chi connectivity index (χ4n) is 3.56. The van der Waals surface area contributed by atoms with Crippen molar-refractivity contribution < 1.29 is 14.7 Å². The Morgan fingerprint density at radius 3 is 2.65 bits per heavy atom. The Morgan fingerprint density at radius 1 is 1.35 bits per heavy atom. The van der Waals surface area contributed by atoms with E-state index in [1.54, 1.807) is 11.9 Å². The summed E-state index contributed by atoms with van der Waals surface area (Å²) >= 11 is 0. The SMILES string of the molecule is Cc1ccc(CN2CCNC(=O)C2CC(=O)N(C)CC2(CO)CC2)cc1. The first-order valence-electron chi connectivity index (χ1n) is 9.35. The number of nitrogens with zero attached hydrogens (tertiary/aromatic N) is 2. The predicted molar refractivity (Wildman–Crippen MR) is 99.4 cm³/mol. The highest BCUT2D eigenvalue weighted by atomic mass is 16.3. The summed E-state index contributed by atoms with van der Waals surface area (Å²) in [5.74, 6) is -0.117. The third kappa shape index (κ3) is 4.43. The average Bonchev–Trinajstić information content (AvgIpc) is 3.39. The van der Waals surface area contributed by atoms with Crippen LogP contribution in [0.2, 0.25) is 0 Å². The molecule has 6 heteroatoms. The first-order valence-corrected chi connectivity index (χ1v) is 9.35. The molecule has 142 valence electrons. The molecule has 0 spiro atoms. The van der Waals surface area contributed by atoms with Crippen molar-refractivity contribution in [2.75, 3.05) is 33.3 Å². The summed E-state index contributed by atoms with van der Waals surface area (Å²) in [6.07, 6.45) is 2.10. The highest BCUT2D eigenvalue weighted by Crippen LogP contribution is 2.45. The second-order valence-corrected chi connectivity index (χ2v) is 7.87. The molecule has 1 saturated heterocycles. The van der Waals surface area contributed by atoms with E-state index in [9.17, 15) is 14.7 Å². The second kappa shape index (κ2) is 7.76. The number of carbonyl (C=O) groups excluding carboxylic acids is 2. The summed E-state index contributed by atoms with van der Waals surface area (Å²) < 4.78 is 0. The standard InChI is InChI=1S/C20H29N3O3/c1-15-3-5-16(6-4-15)12-23-10-9-21-19(26)17(23)11-18(25)22(2)13-20(14-24)7-8-20/h3-6,17,24H,7-14H2,1-2H3,(H,21,26). The van der Waals surface area contributed by atoms with Crippen molar-refractivity contribution in [3.05, 3.63) is 35.4 Å². The Labute approximate surface area is 155 Å². The molecule has 1 aliphatic carbocycles. The fraction of sp³-hybridized carbons (Fsp3) is 0.600. The largest absolute Gasteiger partial charge is 0.396 e. The monoisotopic (exact) mass is 359 g/mol. The van der Waals surface area contributed by atoms with E-state index in [0.717, 1.165) is 24.9 Å². The first kappa shape index (κ1) is 18.9. The van der Waals surface area contributed by atoms with Crippen LogP contribution in [0.15, 0.2) is 24.3 Å². The van der Waals surface area contributed by atoms with E-state index >= 15 is 0 Å². The van der Waals surface area contributed by atoms with Gasteiger partial charge in [-0.15, -0.1) is 0 Å². The predicted octanol–water partition coefficient (Wildman–Crippen LogP) is 0.916. The van der Waals surface area contributed by atoms with Gasteiger partial charge in [-0.05, 0) is 25.3 Å². The Bertz CT molecular complexity index is 655. The average molecular weight is 359 g/mol. The van der Waals surface area contributed by atoms with Crippen molar-refractivity contribution in [1.29, 1.82) is 0 Å². The van der Waals surface area contributed by atoms with Crippen LogP contribution in [0.5, 0.6) is 0 Å². The molecule has 2 amide bonds. The normalized spacial score (nSPS) is 22.0. The zero-order valence-corrected chi connectivity index (χ0v) is 15.7. The summed E-state index contributed by atoms with van der Waals surface area (Å²) in [5.41, 5.74) is 2.24. The maximum Gasteiger partial charge on any atom is 0.237 e. The molecule has 1 aliphatic heterocycles. The van der Waals surface area contributed by atoms with Gasteiger partial charge in [0.25, 0.3) is 0 Å². The van der Waals surface area contributed by atoms with Gasteiger partial charge in [-0.2, -0.15) is 0 Å². The van der Waals surface area contributed by atoms with Crippen molar-refractivity contribution in [2.45, 2.75) is 38.8 Å². The van der Waals surface area contributed by atoms with Gasteiger partial charge in [-0.3, -0.25) is 14.5 Å². The fourth-order valence-corrected chi connectivity index (χ4v) is 3.56. The number of piperazine rings is 1. The zero-order valence-electron chi connectivity index (χ0n) is 15.7. The van der Waals surface area contributed by atoms with Crippen LogP contribution in [-0.4, -0.2) is 66.1 Å². The Kier molecular flexibility index (Phi) is 5.63. The van der Waals surface area contributed by atoms with Crippen LogP contribution in [0.3, 0.4) is 0 Å². The molecule has 3 rings (SSSR count). The number of hydrogen-bond donors (Lipinski definition) is 2. The molecule has 2 N–H and O–H groups in total. The van der Waals surface area contributed by atoms with Crippen LogP contribution in [-0.2, 0) is 16.1 Å². The highest BCUT2D eigenvalue weighted by molar-refractivity contribution is 5.88. The number of aliphatic hydroxyl groups is 1. The van der Waals surface area contributed by atoms with Crippen LogP contribution in [0.1, 0.15) is 30.4 Å². The molecule has 0 aromatic heterocycles. The lowest BCUT2D eigenvalue weighted by atomic mass is 10.0. The number of benzene rings is 1. The van der Waals surface area contributed by atoms with Gasteiger partial charge < -0.3 is 15.3 Å². The Morgan fingerprint density at radius 2 is 2.04 bits per heavy atom. The van der Waals surface area contributed by atoms with Gasteiger partial charge in [-0.25, -0.2) is 0 Å². The van der Waals surface area contributed by atoms with E-state index in [0.29, 0.717) is 19.6 Å². The van der Waals surface area contributed by atoms with Crippen LogP contribution in [0.4, 0.5) is 0 Å². The van der Waals surface area contributed by atoms with E-state index in [-0.39, 0.29) is 30.3 Å². The molecule has 2 fully saturated rings. The van der Waals surface area contributed by atoms with E-state index in [1.165, 1.54) is 5.56 Å². The minimum atomic E-state index is -0.440. The molecule has 1 atom stereocenters. The summed E-state index contributed by atoms with van der Waals surface area (Å²) in [7, 11) is 1.77. The van der Waals surface area contributed by atoms with Gasteiger partial charge in [0.1, 0.15) is 0 Å². The van der Waals surface area contributed by atoms with Crippen molar-refractivity contribution in [3.63, 3.8) is 0 Å². The molecule has 1 unspecified atom stereocenters. The maximum absolute atomic E-state index is 12.7. The molecule has 2 aliphatic rings. The number of carbonyl (C=O) groups is 2. The van der Waals surface area contributed by atoms with E-state index in [2.05, 4.69) is 41.4 Å². The number of aryl methyl sites for hydroxylation is 1. The molecule has 1 aromatic carbocycles. The van der Waals surface area contributed by atoms with Crippen LogP contribution >= 0.6 is 0 Å². The Hall–Kier alpha value is -1.92. The van der Waals surface area contributed by atoms with Crippen LogP contribution in [0, 0.1) is 12.3 Å². The van der Waals surface area contributed by atoms with Crippen LogP contribution in [0.25, 0.3) is 0 Å². The van der Waals surface area contributed by atoms with Gasteiger partial charge in [0, 0.05) is 38.6 Å². The van der Waals surface area contributed by atoms with Gasteiger partial charge in [0.05, 0.1) is 19.1 Å². The quantitative estimate of drug-likeness (QED) is 0.759. The first-order chi connectivity index (χ1) is 12.4. The molecule has 1 heterocycles. The van der Waals surface area contributed by atoms with Gasteiger partial charge in [0.15, 0.2) is 0 Å². The van der Waals surface area contributed by atoms with E-state index in [1.807, 2.05) is 0 Å². The van der Waals surface area contributed by atoms with Gasteiger partial charge >= 0.3 is 0 Å². The number of hydrogen-bond acceptors (Lipinski definition) is 4. The molecule has 6 nitrogen and oxygen atoms in total. The molecular formula is C20H29N3O3. The Balaban J connectivity index is 1.63. The number of rotatable bonds is 7. The summed E-state index contributed by atoms with van der Waals surface area (Å²) in [4.78, 5) is 28.8. The summed E-state index contributed by atoms with van der Waals surface area (Å²) in [5, 5.41) is 12.3. The van der Waals surface area contributed by atoms with Crippen LogP contribution < -0.4 is 5.32 Å². The molecule has 1 saturated carbocycles. The van der Waals surface area contributed by atoms with Crippen molar-refractivity contribution in [2.24, 2.45) is 5.41 Å². The molecule has 1 aromatic rings. The van der Waals surface area contributed by atoms with Crippen molar-refractivity contribution in [3.8, 4) is 0 Å². The zero-order chi connectivity index (χ0) is 18.7. The third-order valence-electron chi connectivity index (χ3n) is 5.61. The minimum absolute atomic E-state index is 0.0410. The lowest BCUT2D eigenvalue weighted by molar-refractivity contribution is -0.138. The lowest BCUT2D eigenvalue weighted by Crippen LogP contribution is -2.56. The minimum Gasteiger partial charge on any atom is -0.396 e. The molecule has 0 radical (unpaired) electrons.